The zero-order chi connectivity index (χ0) is 20.3. The first kappa shape index (κ1) is 20.7. The molecule has 28 heavy (non-hydrogen) atoms. The van der Waals surface area contributed by atoms with Gasteiger partial charge in [-0.2, -0.15) is 0 Å². The van der Waals surface area contributed by atoms with Gasteiger partial charge in [-0.25, -0.2) is 9.97 Å². The summed E-state index contributed by atoms with van der Waals surface area (Å²) in [5, 5.41) is 10.5. The molecule has 2 aromatic heterocycles. The number of hydrogen-bond acceptors (Lipinski definition) is 6. The predicted molar refractivity (Wildman–Crippen MR) is 110 cm³/mol. The predicted octanol–water partition coefficient (Wildman–Crippen LogP) is 4.17. The van der Waals surface area contributed by atoms with E-state index in [1.54, 1.807) is 17.5 Å². The molecule has 3 rings (SSSR count). The van der Waals surface area contributed by atoms with Gasteiger partial charge in [0, 0.05) is 36.9 Å². The van der Waals surface area contributed by atoms with Crippen molar-refractivity contribution in [2.24, 2.45) is 17.3 Å². The lowest BCUT2D eigenvalue weighted by Gasteiger charge is -2.42. The van der Waals surface area contributed by atoms with Gasteiger partial charge in [0.1, 0.15) is 5.01 Å². The summed E-state index contributed by atoms with van der Waals surface area (Å²) < 4.78 is 5.62. The summed E-state index contributed by atoms with van der Waals surface area (Å²) in [6, 6.07) is 3.85. The SMILES string of the molecule is CCOc1ncccc1-c1ncc(CN2C[C@H](C(=O)O)C[C@@H](C(C)(C)C)C2)s1. The molecular weight excluding hydrogens is 374 g/mol. The second-order valence-corrected chi connectivity index (χ2v) is 9.56. The quantitative estimate of drug-likeness (QED) is 0.780. The van der Waals surface area contributed by atoms with Gasteiger partial charge in [-0.1, -0.05) is 20.8 Å². The van der Waals surface area contributed by atoms with Crippen LogP contribution in [0.3, 0.4) is 0 Å². The molecule has 1 aliphatic rings. The highest BCUT2D eigenvalue weighted by atomic mass is 32.1. The van der Waals surface area contributed by atoms with E-state index >= 15 is 0 Å². The molecule has 1 fully saturated rings. The number of piperidine rings is 1. The first-order valence-corrected chi connectivity index (χ1v) is 10.6. The summed E-state index contributed by atoms with van der Waals surface area (Å²) in [6.07, 6.45) is 4.35. The minimum absolute atomic E-state index is 0.0906. The van der Waals surface area contributed by atoms with Crippen molar-refractivity contribution < 1.29 is 14.6 Å². The molecule has 2 atom stereocenters. The van der Waals surface area contributed by atoms with Crippen molar-refractivity contribution in [2.75, 3.05) is 19.7 Å². The van der Waals surface area contributed by atoms with Gasteiger partial charge in [-0.3, -0.25) is 9.69 Å². The van der Waals surface area contributed by atoms with Gasteiger partial charge in [-0.05, 0) is 36.8 Å². The van der Waals surface area contributed by atoms with Crippen LogP contribution in [0.25, 0.3) is 10.6 Å². The zero-order valence-corrected chi connectivity index (χ0v) is 17.8. The second kappa shape index (κ2) is 8.57. The summed E-state index contributed by atoms with van der Waals surface area (Å²) in [5.41, 5.74) is 0.989. The van der Waals surface area contributed by atoms with E-state index in [0.717, 1.165) is 35.0 Å². The number of nitrogens with zero attached hydrogens (tertiary/aromatic N) is 3. The first-order chi connectivity index (χ1) is 13.3. The number of ether oxygens (including phenoxy) is 1. The van der Waals surface area contributed by atoms with E-state index in [4.69, 9.17) is 4.74 Å². The number of pyridine rings is 1. The van der Waals surface area contributed by atoms with Crippen molar-refractivity contribution in [3.63, 3.8) is 0 Å². The molecule has 0 aliphatic carbocycles. The molecule has 7 heteroatoms. The lowest BCUT2D eigenvalue weighted by molar-refractivity contribution is -0.145. The Morgan fingerprint density at radius 1 is 1.36 bits per heavy atom. The molecule has 6 nitrogen and oxygen atoms in total. The number of carboxylic acids is 1. The number of hydrogen-bond donors (Lipinski definition) is 1. The minimum Gasteiger partial charge on any atom is -0.481 e. The molecule has 3 heterocycles. The van der Waals surface area contributed by atoms with Crippen molar-refractivity contribution >= 4 is 17.3 Å². The Hall–Kier alpha value is -1.99. The first-order valence-electron chi connectivity index (χ1n) is 9.76. The van der Waals surface area contributed by atoms with E-state index in [1.807, 2.05) is 25.3 Å². The van der Waals surface area contributed by atoms with E-state index in [0.29, 0.717) is 24.9 Å². The molecule has 0 aromatic carbocycles. The largest absolute Gasteiger partial charge is 0.481 e. The standard InChI is InChI=1S/C21H29N3O3S/c1-5-27-18-17(7-6-8-22-18)19-23-10-16(28-19)13-24-11-14(20(25)26)9-15(12-24)21(2,3)4/h6-8,10,14-15H,5,9,11-13H2,1-4H3,(H,25,26)/t14-,15-/m1/s1. The average Bonchev–Trinajstić information content (AvgIpc) is 3.09. The Morgan fingerprint density at radius 2 is 2.14 bits per heavy atom. The van der Waals surface area contributed by atoms with Crippen LogP contribution in [0.4, 0.5) is 0 Å². The maximum Gasteiger partial charge on any atom is 0.307 e. The summed E-state index contributed by atoms with van der Waals surface area (Å²) in [4.78, 5) is 23.9. The normalized spacial score (nSPS) is 20.9. The van der Waals surface area contributed by atoms with E-state index in [-0.39, 0.29) is 11.3 Å². The van der Waals surface area contributed by atoms with Gasteiger partial charge in [0.15, 0.2) is 0 Å². The van der Waals surface area contributed by atoms with Crippen molar-refractivity contribution in [1.82, 2.24) is 14.9 Å². The fourth-order valence-corrected chi connectivity index (χ4v) is 4.63. The number of aromatic nitrogens is 2. The third-order valence-corrected chi connectivity index (χ3v) is 6.33. The molecule has 1 saturated heterocycles. The number of carbonyl (C=O) groups is 1. The van der Waals surface area contributed by atoms with Gasteiger partial charge in [0.05, 0.1) is 18.1 Å². The summed E-state index contributed by atoms with van der Waals surface area (Å²) in [6.45, 7) is 11.3. The maximum absolute atomic E-state index is 11.7. The van der Waals surface area contributed by atoms with Crippen molar-refractivity contribution in [3.05, 3.63) is 29.4 Å². The third kappa shape index (κ3) is 4.89. The molecule has 0 saturated carbocycles. The van der Waals surface area contributed by atoms with Crippen LogP contribution in [0.15, 0.2) is 24.5 Å². The third-order valence-electron chi connectivity index (χ3n) is 5.32. The van der Waals surface area contributed by atoms with Gasteiger partial charge in [0.2, 0.25) is 5.88 Å². The van der Waals surface area contributed by atoms with Crippen LogP contribution in [0.2, 0.25) is 0 Å². The van der Waals surface area contributed by atoms with Crippen LogP contribution in [0.1, 0.15) is 39.0 Å². The molecular formula is C21H29N3O3S. The Labute approximate surface area is 170 Å². The molecule has 152 valence electrons. The minimum atomic E-state index is -0.694. The van der Waals surface area contributed by atoms with Crippen LogP contribution in [0.5, 0.6) is 5.88 Å². The smallest absolute Gasteiger partial charge is 0.307 e. The number of rotatable bonds is 6. The van der Waals surface area contributed by atoms with E-state index in [2.05, 4.69) is 35.6 Å². The van der Waals surface area contributed by atoms with Crippen LogP contribution in [-0.2, 0) is 11.3 Å². The topological polar surface area (TPSA) is 75.6 Å². The number of aliphatic carboxylic acids is 1. The summed E-state index contributed by atoms with van der Waals surface area (Å²) in [5.74, 6) is -0.0471. The lowest BCUT2D eigenvalue weighted by Crippen LogP contribution is -2.46. The van der Waals surface area contributed by atoms with Gasteiger partial charge in [-0.15, -0.1) is 11.3 Å². The lowest BCUT2D eigenvalue weighted by atomic mass is 9.73. The fraction of sp³-hybridized carbons (Fsp3) is 0.571. The number of likely N-dealkylation sites (tertiary alicyclic amines) is 1. The van der Waals surface area contributed by atoms with E-state index < -0.39 is 5.97 Å². The van der Waals surface area contributed by atoms with Crippen LogP contribution >= 0.6 is 11.3 Å². The van der Waals surface area contributed by atoms with Crippen LogP contribution in [-0.4, -0.2) is 45.6 Å². The number of carboxylic acid groups (broad SMARTS) is 1. The zero-order valence-electron chi connectivity index (χ0n) is 17.0. The number of thiazole rings is 1. The molecule has 0 bridgehead atoms. The molecule has 0 spiro atoms. The second-order valence-electron chi connectivity index (χ2n) is 8.45. The van der Waals surface area contributed by atoms with Crippen molar-refractivity contribution in [1.29, 1.82) is 0 Å². The highest BCUT2D eigenvalue weighted by Gasteiger charge is 2.37. The summed E-state index contributed by atoms with van der Waals surface area (Å²) >= 11 is 1.62. The highest BCUT2D eigenvalue weighted by Crippen LogP contribution is 2.37. The molecule has 0 amide bonds. The molecule has 2 aromatic rings. The maximum atomic E-state index is 11.7. The molecule has 1 N–H and O–H groups in total. The molecule has 0 radical (unpaired) electrons. The van der Waals surface area contributed by atoms with E-state index in [1.165, 1.54) is 0 Å². The Morgan fingerprint density at radius 3 is 2.82 bits per heavy atom. The summed E-state index contributed by atoms with van der Waals surface area (Å²) in [7, 11) is 0. The highest BCUT2D eigenvalue weighted by molar-refractivity contribution is 7.15. The van der Waals surface area contributed by atoms with Gasteiger partial charge >= 0.3 is 5.97 Å². The monoisotopic (exact) mass is 403 g/mol. The fourth-order valence-electron chi connectivity index (χ4n) is 3.66. The van der Waals surface area contributed by atoms with Crippen LogP contribution < -0.4 is 4.74 Å². The van der Waals surface area contributed by atoms with E-state index in [9.17, 15) is 9.90 Å². The Bertz CT molecular complexity index is 815. The van der Waals surface area contributed by atoms with Gasteiger partial charge < -0.3 is 9.84 Å². The molecule has 1 aliphatic heterocycles. The Kier molecular flexibility index (Phi) is 6.35. The molecule has 0 unspecified atom stereocenters. The van der Waals surface area contributed by atoms with Gasteiger partial charge in [0.25, 0.3) is 0 Å². The van der Waals surface area contributed by atoms with Crippen molar-refractivity contribution in [2.45, 2.75) is 40.7 Å². The van der Waals surface area contributed by atoms with Crippen molar-refractivity contribution in [3.8, 4) is 16.5 Å². The van der Waals surface area contributed by atoms with Crippen LogP contribution in [0, 0.1) is 17.3 Å². The Balaban J connectivity index is 1.76. The average molecular weight is 404 g/mol.